The van der Waals surface area contributed by atoms with Gasteiger partial charge in [0, 0.05) is 19.6 Å². The maximum Gasteiger partial charge on any atom is 0.326 e. The summed E-state index contributed by atoms with van der Waals surface area (Å²) in [5, 5.41) is 20.2. The Kier molecular flexibility index (Phi) is 6.04. The summed E-state index contributed by atoms with van der Waals surface area (Å²) in [7, 11) is 0. The second-order valence-corrected chi connectivity index (χ2v) is 4.71. The normalized spacial score (nSPS) is 24.9. The Bertz CT molecular complexity index is 323. The monoisotopic (exact) mass is 274 g/mol. The third-order valence-corrected chi connectivity index (χ3v) is 3.21. The van der Waals surface area contributed by atoms with Crippen LogP contribution in [0.1, 0.15) is 26.7 Å². The molecule has 0 aromatic heterocycles. The van der Waals surface area contributed by atoms with Gasteiger partial charge >= 0.3 is 12.0 Å². The minimum atomic E-state index is -1.14. The molecule has 0 aliphatic carbocycles. The zero-order chi connectivity index (χ0) is 14.4. The lowest BCUT2D eigenvalue weighted by Gasteiger charge is -2.38. The van der Waals surface area contributed by atoms with Crippen molar-refractivity contribution in [3.63, 3.8) is 0 Å². The Morgan fingerprint density at radius 2 is 2.21 bits per heavy atom. The van der Waals surface area contributed by atoms with E-state index in [9.17, 15) is 9.59 Å². The number of aliphatic hydroxyl groups is 1. The number of morpholine rings is 1. The van der Waals surface area contributed by atoms with E-state index < -0.39 is 18.0 Å². The minimum absolute atomic E-state index is 0.00222. The molecule has 0 bridgehead atoms. The van der Waals surface area contributed by atoms with Crippen molar-refractivity contribution in [3.05, 3.63) is 0 Å². The van der Waals surface area contributed by atoms with Gasteiger partial charge in [0.25, 0.3) is 0 Å². The van der Waals surface area contributed by atoms with E-state index in [1.807, 2.05) is 13.8 Å². The summed E-state index contributed by atoms with van der Waals surface area (Å²) in [5.41, 5.74) is 0. The maximum atomic E-state index is 12.1. The van der Waals surface area contributed by atoms with Crippen LogP contribution in [0, 0.1) is 0 Å². The fraction of sp³-hybridized carbons (Fsp3) is 0.833. The molecule has 2 amide bonds. The summed E-state index contributed by atoms with van der Waals surface area (Å²) < 4.78 is 5.48. The van der Waals surface area contributed by atoms with Crippen LogP contribution in [0.25, 0.3) is 0 Å². The number of ether oxygens (including phenoxy) is 1. The SMILES string of the molecule is CCC1COC(C)CN1C(=O)N[C@@H](CCO)C(=O)O. The summed E-state index contributed by atoms with van der Waals surface area (Å²) in [4.78, 5) is 24.7. The molecule has 2 unspecified atom stereocenters. The molecule has 19 heavy (non-hydrogen) atoms. The number of aliphatic carboxylic acids is 1. The molecule has 0 aromatic carbocycles. The van der Waals surface area contributed by atoms with Crippen LogP contribution in [0.5, 0.6) is 0 Å². The first-order chi connectivity index (χ1) is 8.99. The van der Waals surface area contributed by atoms with Crippen LogP contribution in [0.2, 0.25) is 0 Å². The number of carbonyl (C=O) groups is 2. The summed E-state index contributed by atoms with van der Waals surface area (Å²) in [6.45, 7) is 4.44. The van der Waals surface area contributed by atoms with Gasteiger partial charge in [-0.15, -0.1) is 0 Å². The van der Waals surface area contributed by atoms with Gasteiger partial charge in [0.1, 0.15) is 6.04 Å². The average molecular weight is 274 g/mol. The van der Waals surface area contributed by atoms with E-state index in [-0.39, 0.29) is 25.2 Å². The first kappa shape index (κ1) is 15.7. The molecule has 3 atom stereocenters. The zero-order valence-corrected chi connectivity index (χ0v) is 11.3. The molecule has 1 saturated heterocycles. The summed E-state index contributed by atoms with van der Waals surface area (Å²) >= 11 is 0. The van der Waals surface area contributed by atoms with Crippen LogP contribution in [-0.2, 0) is 9.53 Å². The lowest BCUT2D eigenvalue weighted by molar-refractivity contribution is -0.139. The number of aliphatic hydroxyl groups excluding tert-OH is 1. The lowest BCUT2D eigenvalue weighted by Crippen LogP contribution is -2.57. The van der Waals surface area contributed by atoms with Gasteiger partial charge in [0.15, 0.2) is 0 Å². The number of hydrogen-bond acceptors (Lipinski definition) is 4. The van der Waals surface area contributed by atoms with Crippen molar-refractivity contribution in [1.29, 1.82) is 0 Å². The van der Waals surface area contributed by atoms with Gasteiger partial charge in [0.05, 0.1) is 18.8 Å². The summed E-state index contributed by atoms with van der Waals surface area (Å²) in [6, 6.07) is -1.52. The smallest absolute Gasteiger partial charge is 0.326 e. The Labute approximate surface area is 112 Å². The summed E-state index contributed by atoms with van der Waals surface area (Å²) in [6.07, 6.45) is 0.685. The molecule has 1 heterocycles. The first-order valence-electron chi connectivity index (χ1n) is 6.52. The Hall–Kier alpha value is -1.34. The van der Waals surface area contributed by atoms with Crippen molar-refractivity contribution in [2.75, 3.05) is 19.8 Å². The van der Waals surface area contributed by atoms with Gasteiger partial charge in [-0.2, -0.15) is 0 Å². The quantitative estimate of drug-likeness (QED) is 0.657. The molecule has 0 aromatic rings. The third-order valence-electron chi connectivity index (χ3n) is 3.21. The molecule has 1 rings (SSSR count). The van der Waals surface area contributed by atoms with Crippen LogP contribution in [-0.4, -0.2) is 65.1 Å². The number of urea groups is 1. The molecule has 3 N–H and O–H groups in total. The van der Waals surface area contributed by atoms with E-state index in [1.54, 1.807) is 4.90 Å². The maximum absolute atomic E-state index is 12.1. The van der Waals surface area contributed by atoms with Crippen molar-refractivity contribution in [2.45, 2.75) is 44.9 Å². The van der Waals surface area contributed by atoms with Gasteiger partial charge in [-0.25, -0.2) is 9.59 Å². The van der Waals surface area contributed by atoms with E-state index in [2.05, 4.69) is 5.32 Å². The molecular formula is C12H22N2O5. The van der Waals surface area contributed by atoms with Gasteiger partial charge in [-0.3, -0.25) is 0 Å². The Morgan fingerprint density at radius 1 is 1.53 bits per heavy atom. The fourth-order valence-electron chi connectivity index (χ4n) is 2.05. The molecule has 0 radical (unpaired) electrons. The number of carboxylic acids is 1. The molecule has 0 spiro atoms. The van der Waals surface area contributed by atoms with Gasteiger partial charge in [0.2, 0.25) is 0 Å². The molecule has 1 aliphatic heterocycles. The van der Waals surface area contributed by atoms with Crippen LogP contribution < -0.4 is 5.32 Å². The van der Waals surface area contributed by atoms with Crippen molar-refractivity contribution in [3.8, 4) is 0 Å². The number of carbonyl (C=O) groups excluding carboxylic acids is 1. The van der Waals surface area contributed by atoms with Crippen LogP contribution in [0.15, 0.2) is 0 Å². The summed E-state index contributed by atoms with van der Waals surface area (Å²) in [5.74, 6) is -1.14. The van der Waals surface area contributed by atoms with Gasteiger partial charge in [-0.1, -0.05) is 6.92 Å². The second kappa shape index (κ2) is 7.30. The highest BCUT2D eigenvalue weighted by atomic mass is 16.5. The van der Waals surface area contributed by atoms with Crippen LogP contribution >= 0.6 is 0 Å². The van der Waals surface area contributed by atoms with Crippen molar-refractivity contribution in [1.82, 2.24) is 10.2 Å². The highest BCUT2D eigenvalue weighted by Crippen LogP contribution is 2.14. The number of nitrogens with zero attached hydrogens (tertiary/aromatic N) is 1. The van der Waals surface area contributed by atoms with E-state index >= 15 is 0 Å². The predicted molar refractivity (Wildman–Crippen MR) is 67.9 cm³/mol. The molecule has 110 valence electrons. The fourth-order valence-corrected chi connectivity index (χ4v) is 2.05. The van der Waals surface area contributed by atoms with Crippen LogP contribution in [0.4, 0.5) is 4.79 Å². The third kappa shape index (κ3) is 4.36. The van der Waals surface area contributed by atoms with Crippen LogP contribution in [0.3, 0.4) is 0 Å². The number of carboxylic acid groups (broad SMARTS) is 1. The number of hydrogen-bond donors (Lipinski definition) is 3. The number of rotatable bonds is 5. The van der Waals surface area contributed by atoms with E-state index in [1.165, 1.54) is 0 Å². The first-order valence-corrected chi connectivity index (χ1v) is 6.52. The largest absolute Gasteiger partial charge is 0.480 e. The number of amides is 2. The standard InChI is InChI=1S/C12H22N2O5/c1-3-9-7-19-8(2)6-14(9)12(18)13-10(4-5-15)11(16)17/h8-10,15H,3-7H2,1-2H3,(H,13,18)(H,16,17)/t8?,9?,10-/m0/s1. The molecule has 7 heteroatoms. The Balaban J connectivity index is 2.65. The lowest BCUT2D eigenvalue weighted by atomic mass is 10.1. The number of nitrogens with one attached hydrogen (secondary N) is 1. The van der Waals surface area contributed by atoms with Crippen molar-refractivity contribution < 1.29 is 24.5 Å². The van der Waals surface area contributed by atoms with Crippen molar-refractivity contribution in [2.24, 2.45) is 0 Å². The molecule has 0 saturated carbocycles. The highest BCUT2D eigenvalue weighted by molar-refractivity contribution is 5.82. The van der Waals surface area contributed by atoms with Crippen molar-refractivity contribution >= 4 is 12.0 Å². The average Bonchev–Trinajstić information content (AvgIpc) is 2.37. The van der Waals surface area contributed by atoms with E-state index in [0.29, 0.717) is 13.2 Å². The topological polar surface area (TPSA) is 99.1 Å². The predicted octanol–water partition coefficient (Wildman–Crippen LogP) is 0.0309. The molecular weight excluding hydrogens is 252 g/mol. The minimum Gasteiger partial charge on any atom is -0.480 e. The van der Waals surface area contributed by atoms with Gasteiger partial charge in [-0.05, 0) is 13.3 Å². The molecule has 1 aliphatic rings. The second-order valence-electron chi connectivity index (χ2n) is 4.71. The molecule has 1 fully saturated rings. The Morgan fingerprint density at radius 3 is 2.74 bits per heavy atom. The highest BCUT2D eigenvalue weighted by Gasteiger charge is 2.31. The van der Waals surface area contributed by atoms with E-state index in [0.717, 1.165) is 6.42 Å². The van der Waals surface area contributed by atoms with E-state index in [4.69, 9.17) is 14.9 Å². The molecule has 7 nitrogen and oxygen atoms in total. The zero-order valence-electron chi connectivity index (χ0n) is 11.3. The van der Waals surface area contributed by atoms with Gasteiger partial charge < -0.3 is 25.2 Å².